The maximum Gasteiger partial charge on any atom is 0.223 e. The normalized spacial score (nSPS) is 13.4. The Morgan fingerprint density at radius 1 is 0.973 bits per heavy atom. The largest absolute Gasteiger partial charge is 0.508 e. The molecule has 3 N–H and O–H groups in total. The predicted octanol–water partition coefficient (Wildman–Crippen LogP) is 3.33. The molecule has 1 saturated heterocycles. The number of benzene rings is 2. The van der Waals surface area contributed by atoms with Crippen LogP contribution in [0.1, 0.15) is 18.9 Å². The maximum absolute atomic E-state index is 12.8. The molecule has 10 heteroatoms. The third-order valence-corrected chi connectivity index (χ3v) is 6.39. The Morgan fingerprint density at radius 3 is 2.35 bits per heavy atom. The van der Waals surface area contributed by atoms with Crippen molar-refractivity contribution in [2.24, 2.45) is 0 Å². The highest BCUT2D eigenvalue weighted by Gasteiger charge is 2.23. The number of rotatable bonds is 9. The molecule has 0 spiro atoms. The van der Waals surface area contributed by atoms with Crippen molar-refractivity contribution >= 4 is 35.1 Å². The Kier molecular flexibility index (Phi) is 8.79. The second-order valence-electron chi connectivity index (χ2n) is 8.89. The monoisotopic (exact) mass is 522 g/mol. The summed E-state index contributed by atoms with van der Waals surface area (Å²) in [6.07, 6.45) is 1.07. The highest BCUT2D eigenvalue weighted by molar-refractivity contribution is 6.30. The zero-order chi connectivity index (χ0) is 26.2. The number of hydrogen-bond acceptors (Lipinski definition) is 7. The van der Waals surface area contributed by atoms with E-state index >= 15 is 0 Å². The Morgan fingerprint density at radius 2 is 1.68 bits per heavy atom. The van der Waals surface area contributed by atoms with Gasteiger partial charge in [0.05, 0.1) is 0 Å². The molecule has 1 fully saturated rings. The van der Waals surface area contributed by atoms with Gasteiger partial charge in [0.25, 0.3) is 0 Å². The molecule has 1 aromatic heterocycles. The molecule has 2 amide bonds. The Labute approximate surface area is 221 Å². The van der Waals surface area contributed by atoms with E-state index in [0.717, 1.165) is 16.9 Å². The molecular formula is C27H31ClN6O3. The molecule has 0 aliphatic carbocycles. The predicted molar refractivity (Wildman–Crippen MR) is 145 cm³/mol. The van der Waals surface area contributed by atoms with E-state index in [1.165, 1.54) is 6.92 Å². The van der Waals surface area contributed by atoms with Crippen LogP contribution in [-0.2, 0) is 16.0 Å². The zero-order valence-electron chi connectivity index (χ0n) is 20.8. The summed E-state index contributed by atoms with van der Waals surface area (Å²) in [4.78, 5) is 37.5. The molecule has 194 valence electrons. The first-order valence-corrected chi connectivity index (χ1v) is 12.7. The van der Waals surface area contributed by atoms with E-state index in [1.54, 1.807) is 24.3 Å². The van der Waals surface area contributed by atoms with Crippen molar-refractivity contribution in [1.29, 1.82) is 0 Å². The number of hydrogen-bond donors (Lipinski definition) is 3. The van der Waals surface area contributed by atoms with Crippen molar-refractivity contribution < 1.29 is 14.7 Å². The molecule has 1 aliphatic rings. The van der Waals surface area contributed by atoms with E-state index in [2.05, 4.69) is 20.5 Å². The quantitative estimate of drug-likeness (QED) is 0.370. The lowest BCUT2D eigenvalue weighted by atomic mass is 10.1. The van der Waals surface area contributed by atoms with Gasteiger partial charge in [0.2, 0.25) is 11.8 Å². The van der Waals surface area contributed by atoms with Crippen LogP contribution in [0.2, 0.25) is 5.02 Å². The highest BCUT2D eigenvalue weighted by Crippen LogP contribution is 2.25. The number of carbonyl (C=O) groups excluding carboxylic acids is 2. The molecule has 0 saturated carbocycles. The summed E-state index contributed by atoms with van der Waals surface area (Å²) in [6, 6.07) is 16.2. The average molecular weight is 523 g/mol. The Bertz CT molecular complexity index is 1210. The van der Waals surface area contributed by atoms with E-state index in [-0.39, 0.29) is 17.6 Å². The number of aromatic nitrogens is 2. The summed E-state index contributed by atoms with van der Waals surface area (Å²) >= 11 is 6.06. The molecule has 0 atom stereocenters. The minimum absolute atomic E-state index is 0.0810. The van der Waals surface area contributed by atoms with Crippen LogP contribution in [-0.4, -0.2) is 71.1 Å². The molecular weight excluding hydrogens is 492 g/mol. The second kappa shape index (κ2) is 12.4. The van der Waals surface area contributed by atoms with Gasteiger partial charge in [-0.1, -0.05) is 23.7 Å². The number of phenolic OH excluding ortho intramolecular Hbond substituents is 1. The van der Waals surface area contributed by atoms with Crippen molar-refractivity contribution in [3.05, 3.63) is 65.2 Å². The first-order valence-electron chi connectivity index (χ1n) is 12.3. The van der Waals surface area contributed by atoms with Crippen molar-refractivity contribution in [2.45, 2.75) is 19.8 Å². The fraction of sp³-hybridized carbons (Fsp3) is 0.333. The smallest absolute Gasteiger partial charge is 0.223 e. The van der Waals surface area contributed by atoms with Crippen LogP contribution in [0.15, 0.2) is 54.6 Å². The number of nitrogens with zero attached hydrogens (tertiary/aromatic N) is 4. The van der Waals surface area contributed by atoms with Gasteiger partial charge in [0, 0.05) is 69.3 Å². The van der Waals surface area contributed by atoms with E-state index in [9.17, 15) is 14.7 Å². The first kappa shape index (κ1) is 26.2. The van der Waals surface area contributed by atoms with Gasteiger partial charge in [-0.3, -0.25) is 9.59 Å². The first-order chi connectivity index (χ1) is 17.9. The van der Waals surface area contributed by atoms with E-state index in [0.29, 0.717) is 68.8 Å². The van der Waals surface area contributed by atoms with Crippen molar-refractivity contribution in [2.75, 3.05) is 49.5 Å². The van der Waals surface area contributed by atoms with Crippen LogP contribution in [0.5, 0.6) is 5.75 Å². The molecule has 2 aromatic carbocycles. The van der Waals surface area contributed by atoms with Gasteiger partial charge in [-0.2, -0.15) is 0 Å². The molecule has 37 heavy (non-hydrogen) atoms. The lowest BCUT2D eigenvalue weighted by Crippen LogP contribution is -2.49. The van der Waals surface area contributed by atoms with Gasteiger partial charge in [0.1, 0.15) is 17.4 Å². The van der Waals surface area contributed by atoms with Crippen LogP contribution in [0.3, 0.4) is 0 Å². The minimum Gasteiger partial charge on any atom is -0.508 e. The fourth-order valence-corrected chi connectivity index (χ4v) is 4.23. The summed E-state index contributed by atoms with van der Waals surface area (Å²) in [5, 5.41) is 16.1. The van der Waals surface area contributed by atoms with Crippen LogP contribution in [0, 0.1) is 0 Å². The fourth-order valence-electron chi connectivity index (χ4n) is 4.10. The number of amides is 2. The summed E-state index contributed by atoms with van der Waals surface area (Å²) in [5.41, 5.74) is 1.87. The topological polar surface area (TPSA) is 111 Å². The Balaban J connectivity index is 1.41. The second-order valence-corrected chi connectivity index (χ2v) is 9.32. The molecule has 0 bridgehead atoms. The van der Waals surface area contributed by atoms with Crippen LogP contribution in [0.4, 0.5) is 11.6 Å². The lowest BCUT2D eigenvalue weighted by molar-refractivity contribution is -0.131. The van der Waals surface area contributed by atoms with Crippen LogP contribution < -0.4 is 15.5 Å². The van der Waals surface area contributed by atoms with E-state index in [4.69, 9.17) is 16.6 Å². The molecule has 0 unspecified atom stereocenters. The molecule has 4 rings (SSSR count). The number of aromatic hydroxyl groups is 1. The number of phenols is 1. The summed E-state index contributed by atoms with van der Waals surface area (Å²) in [5.74, 6) is 2.27. The number of halogens is 1. The summed E-state index contributed by atoms with van der Waals surface area (Å²) < 4.78 is 0. The van der Waals surface area contributed by atoms with Gasteiger partial charge in [-0.05, 0) is 48.4 Å². The maximum atomic E-state index is 12.8. The van der Waals surface area contributed by atoms with Crippen molar-refractivity contribution in [3.63, 3.8) is 0 Å². The molecule has 2 heterocycles. The average Bonchev–Trinajstić information content (AvgIpc) is 2.91. The molecule has 3 aromatic rings. The lowest BCUT2D eigenvalue weighted by Gasteiger charge is -2.35. The third kappa shape index (κ3) is 7.57. The Hall–Kier alpha value is -3.85. The van der Waals surface area contributed by atoms with Gasteiger partial charge in [-0.15, -0.1) is 0 Å². The zero-order valence-corrected chi connectivity index (χ0v) is 21.5. The van der Waals surface area contributed by atoms with Crippen LogP contribution in [0.25, 0.3) is 11.4 Å². The van der Waals surface area contributed by atoms with Gasteiger partial charge < -0.3 is 25.5 Å². The number of anilines is 2. The van der Waals surface area contributed by atoms with Gasteiger partial charge in [0.15, 0.2) is 5.82 Å². The minimum atomic E-state index is -0.0810. The highest BCUT2D eigenvalue weighted by atomic mass is 35.5. The third-order valence-electron chi connectivity index (χ3n) is 6.14. The van der Waals surface area contributed by atoms with Crippen molar-refractivity contribution in [3.8, 4) is 17.1 Å². The van der Waals surface area contributed by atoms with Crippen molar-refractivity contribution in [1.82, 2.24) is 20.2 Å². The number of piperazine rings is 1. The number of nitrogens with one attached hydrogen (secondary N) is 2. The number of carbonyl (C=O) groups is 2. The molecule has 1 aliphatic heterocycles. The summed E-state index contributed by atoms with van der Waals surface area (Å²) in [7, 11) is 0. The van der Waals surface area contributed by atoms with E-state index in [1.807, 2.05) is 35.2 Å². The van der Waals surface area contributed by atoms with Crippen LogP contribution >= 0.6 is 11.6 Å². The SMILES string of the molecule is CC(=O)NCCNc1cc(N2CCN(C(=O)CCc3ccc(O)cc3)CC2)nc(-c2ccc(Cl)cc2)n1. The van der Waals surface area contributed by atoms with Gasteiger partial charge >= 0.3 is 0 Å². The standard InChI is InChI=1S/C27H31ClN6O3/c1-19(35)29-12-13-30-24-18-25(32-27(31-24)21-5-7-22(28)8-6-21)33-14-16-34(17-15-33)26(37)11-4-20-2-9-23(36)10-3-20/h2-3,5-10,18,36H,4,11-17H2,1H3,(H,29,35)(H,30,31,32). The number of aryl methyl sites for hydroxylation is 1. The molecule has 0 radical (unpaired) electrons. The summed E-state index contributed by atoms with van der Waals surface area (Å²) in [6.45, 7) is 5.04. The van der Waals surface area contributed by atoms with Gasteiger partial charge in [-0.25, -0.2) is 9.97 Å². The molecule has 9 nitrogen and oxygen atoms in total. The van der Waals surface area contributed by atoms with E-state index < -0.39 is 0 Å².